The van der Waals surface area contributed by atoms with Crippen molar-refractivity contribution in [2.45, 2.75) is 33.7 Å². The zero-order valence-corrected chi connectivity index (χ0v) is 14.3. The highest BCUT2D eigenvalue weighted by Crippen LogP contribution is 2.29. The van der Waals surface area contributed by atoms with E-state index in [2.05, 4.69) is 39.2 Å². The Morgan fingerprint density at radius 3 is 2.71 bits per heavy atom. The molecule has 0 bridgehead atoms. The van der Waals surface area contributed by atoms with Crippen molar-refractivity contribution in [3.63, 3.8) is 0 Å². The Balaban J connectivity index is 2.22. The van der Waals surface area contributed by atoms with Crippen molar-refractivity contribution < 1.29 is 4.74 Å². The molecule has 0 aliphatic rings. The number of rotatable bonds is 6. The van der Waals surface area contributed by atoms with E-state index >= 15 is 0 Å². The number of ether oxygens (including phenoxy) is 1. The van der Waals surface area contributed by atoms with E-state index in [-0.39, 0.29) is 0 Å². The molecule has 21 heavy (non-hydrogen) atoms. The van der Waals surface area contributed by atoms with Crippen LogP contribution >= 0.6 is 15.9 Å². The van der Waals surface area contributed by atoms with Gasteiger partial charge in [0.1, 0.15) is 11.5 Å². The van der Waals surface area contributed by atoms with Gasteiger partial charge in [0, 0.05) is 34.5 Å². The molecule has 0 aliphatic carbocycles. The average molecular weight is 349 g/mol. The second-order valence-electron chi connectivity index (χ2n) is 5.12. The van der Waals surface area contributed by atoms with Crippen LogP contribution in [-0.4, -0.2) is 11.5 Å². The zero-order chi connectivity index (χ0) is 15.2. The van der Waals surface area contributed by atoms with Gasteiger partial charge in [0.05, 0.1) is 0 Å². The molecule has 0 radical (unpaired) electrons. The molecule has 1 aromatic carbocycles. The standard InChI is InChI=1S/C17H21BrN2O/c1-4-7-19-10-14-11-20-13(3)9-17(14)21-16-6-5-15(18)8-12(16)2/h5-6,8-9,11,19H,4,7,10H2,1-3H3. The predicted octanol–water partition coefficient (Wildman–Crippen LogP) is 4.75. The van der Waals surface area contributed by atoms with Crippen LogP contribution in [0.3, 0.4) is 0 Å². The van der Waals surface area contributed by atoms with Crippen LogP contribution in [-0.2, 0) is 6.54 Å². The van der Waals surface area contributed by atoms with E-state index in [0.717, 1.165) is 52.3 Å². The van der Waals surface area contributed by atoms with Gasteiger partial charge in [-0.1, -0.05) is 22.9 Å². The summed E-state index contributed by atoms with van der Waals surface area (Å²) in [5.41, 5.74) is 3.14. The summed E-state index contributed by atoms with van der Waals surface area (Å²) in [5, 5.41) is 3.39. The summed E-state index contributed by atoms with van der Waals surface area (Å²) < 4.78 is 7.16. The van der Waals surface area contributed by atoms with E-state index in [1.165, 1.54) is 0 Å². The third-order valence-corrected chi connectivity index (χ3v) is 3.67. The van der Waals surface area contributed by atoms with Crippen LogP contribution in [0.1, 0.15) is 30.2 Å². The van der Waals surface area contributed by atoms with E-state index in [0.29, 0.717) is 0 Å². The number of hydrogen-bond donors (Lipinski definition) is 1. The highest BCUT2D eigenvalue weighted by Gasteiger charge is 2.08. The number of hydrogen-bond acceptors (Lipinski definition) is 3. The summed E-state index contributed by atoms with van der Waals surface area (Å²) in [6.45, 7) is 7.94. The maximum absolute atomic E-state index is 6.11. The minimum absolute atomic E-state index is 0.770. The van der Waals surface area contributed by atoms with Crippen LogP contribution in [0.15, 0.2) is 34.9 Å². The van der Waals surface area contributed by atoms with Crippen molar-refractivity contribution in [3.8, 4) is 11.5 Å². The molecule has 2 rings (SSSR count). The fraction of sp³-hybridized carbons (Fsp3) is 0.353. The molecule has 0 amide bonds. The van der Waals surface area contributed by atoms with Crippen molar-refractivity contribution in [1.29, 1.82) is 0 Å². The highest BCUT2D eigenvalue weighted by atomic mass is 79.9. The smallest absolute Gasteiger partial charge is 0.135 e. The Kier molecular flexibility index (Phi) is 5.76. The molecule has 4 heteroatoms. The molecule has 3 nitrogen and oxygen atoms in total. The number of halogens is 1. The Bertz CT molecular complexity index is 614. The lowest BCUT2D eigenvalue weighted by molar-refractivity contribution is 0.467. The molecule has 0 aliphatic heterocycles. The van der Waals surface area contributed by atoms with Gasteiger partial charge in [-0.25, -0.2) is 0 Å². The summed E-state index contributed by atoms with van der Waals surface area (Å²) >= 11 is 3.47. The lowest BCUT2D eigenvalue weighted by atomic mass is 10.2. The van der Waals surface area contributed by atoms with Crippen LogP contribution in [0.25, 0.3) is 0 Å². The molecule has 0 fully saturated rings. The molecule has 0 spiro atoms. The summed E-state index contributed by atoms with van der Waals surface area (Å²) in [4.78, 5) is 4.37. The Morgan fingerprint density at radius 1 is 1.19 bits per heavy atom. The molecular formula is C17H21BrN2O. The van der Waals surface area contributed by atoms with Crippen molar-refractivity contribution in [2.75, 3.05) is 6.54 Å². The van der Waals surface area contributed by atoms with Gasteiger partial charge in [0.15, 0.2) is 0 Å². The first-order valence-electron chi connectivity index (χ1n) is 7.20. The van der Waals surface area contributed by atoms with E-state index in [1.54, 1.807) is 0 Å². The lowest BCUT2D eigenvalue weighted by Crippen LogP contribution is -2.14. The molecule has 0 atom stereocenters. The average Bonchev–Trinajstić information content (AvgIpc) is 2.44. The van der Waals surface area contributed by atoms with Crippen LogP contribution < -0.4 is 10.1 Å². The van der Waals surface area contributed by atoms with E-state index < -0.39 is 0 Å². The van der Waals surface area contributed by atoms with Gasteiger partial charge in [-0.15, -0.1) is 0 Å². The largest absolute Gasteiger partial charge is 0.457 e. The maximum atomic E-state index is 6.11. The quantitative estimate of drug-likeness (QED) is 0.764. The molecule has 112 valence electrons. The highest BCUT2D eigenvalue weighted by molar-refractivity contribution is 9.10. The third kappa shape index (κ3) is 4.55. The molecular weight excluding hydrogens is 328 g/mol. The summed E-state index contributed by atoms with van der Waals surface area (Å²) in [6.07, 6.45) is 3.00. The fourth-order valence-electron chi connectivity index (χ4n) is 2.04. The topological polar surface area (TPSA) is 34.2 Å². The number of aryl methyl sites for hydroxylation is 2. The first-order chi connectivity index (χ1) is 10.1. The van der Waals surface area contributed by atoms with E-state index in [1.807, 2.05) is 38.2 Å². The molecule has 1 aromatic heterocycles. The van der Waals surface area contributed by atoms with Gasteiger partial charge in [-0.2, -0.15) is 0 Å². The Hall–Kier alpha value is -1.39. The van der Waals surface area contributed by atoms with Crippen molar-refractivity contribution in [2.24, 2.45) is 0 Å². The Morgan fingerprint density at radius 2 is 2.00 bits per heavy atom. The van der Waals surface area contributed by atoms with Gasteiger partial charge in [-0.3, -0.25) is 4.98 Å². The lowest BCUT2D eigenvalue weighted by Gasteiger charge is -2.14. The molecule has 1 heterocycles. The molecule has 0 unspecified atom stereocenters. The van der Waals surface area contributed by atoms with Crippen LogP contribution in [0, 0.1) is 13.8 Å². The van der Waals surface area contributed by atoms with Crippen molar-refractivity contribution >= 4 is 15.9 Å². The molecule has 0 saturated heterocycles. The second kappa shape index (κ2) is 7.57. The van der Waals surface area contributed by atoms with Crippen molar-refractivity contribution in [3.05, 3.63) is 51.8 Å². The summed E-state index contributed by atoms with van der Waals surface area (Å²) in [5.74, 6) is 1.75. The first-order valence-corrected chi connectivity index (χ1v) is 7.99. The van der Waals surface area contributed by atoms with E-state index in [9.17, 15) is 0 Å². The minimum atomic E-state index is 0.770. The molecule has 2 aromatic rings. The SMILES string of the molecule is CCCNCc1cnc(C)cc1Oc1ccc(Br)cc1C. The summed E-state index contributed by atoms with van der Waals surface area (Å²) in [7, 11) is 0. The van der Waals surface area contributed by atoms with Crippen LogP contribution in [0.4, 0.5) is 0 Å². The van der Waals surface area contributed by atoms with Gasteiger partial charge < -0.3 is 10.1 Å². The van der Waals surface area contributed by atoms with Gasteiger partial charge >= 0.3 is 0 Å². The number of benzene rings is 1. The molecule has 1 N–H and O–H groups in total. The monoisotopic (exact) mass is 348 g/mol. The Labute approximate surface area is 134 Å². The van der Waals surface area contributed by atoms with Gasteiger partial charge in [0.25, 0.3) is 0 Å². The normalized spacial score (nSPS) is 10.7. The van der Waals surface area contributed by atoms with Crippen LogP contribution in [0.5, 0.6) is 11.5 Å². The van der Waals surface area contributed by atoms with Gasteiger partial charge in [-0.05, 0) is 50.6 Å². The minimum Gasteiger partial charge on any atom is -0.457 e. The van der Waals surface area contributed by atoms with Crippen LogP contribution in [0.2, 0.25) is 0 Å². The number of nitrogens with zero attached hydrogens (tertiary/aromatic N) is 1. The predicted molar refractivity (Wildman–Crippen MR) is 89.9 cm³/mol. The van der Waals surface area contributed by atoms with Crippen molar-refractivity contribution in [1.82, 2.24) is 10.3 Å². The fourth-order valence-corrected chi connectivity index (χ4v) is 2.51. The third-order valence-electron chi connectivity index (χ3n) is 3.18. The molecule has 0 saturated carbocycles. The number of aromatic nitrogens is 1. The first kappa shape index (κ1) is 16.0. The maximum Gasteiger partial charge on any atom is 0.135 e. The van der Waals surface area contributed by atoms with E-state index in [4.69, 9.17) is 4.74 Å². The number of pyridine rings is 1. The number of nitrogens with one attached hydrogen (secondary N) is 1. The zero-order valence-electron chi connectivity index (χ0n) is 12.7. The second-order valence-corrected chi connectivity index (χ2v) is 6.04. The summed E-state index contributed by atoms with van der Waals surface area (Å²) in [6, 6.07) is 8.02. The van der Waals surface area contributed by atoms with Gasteiger partial charge in [0.2, 0.25) is 0 Å².